The Labute approximate surface area is 80.7 Å². The topological polar surface area (TPSA) is 55.9 Å². The Morgan fingerprint density at radius 1 is 1.36 bits per heavy atom. The third-order valence-corrected chi connectivity index (χ3v) is 1.99. The van der Waals surface area contributed by atoms with Gasteiger partial charge in [-0.2, -0.15) is 0 Å². The molecule has 0 atom stereocenters. The smallest absolute Gasteiger partial charge is 0.0643 e. The second-order valence-corrected chi connectivity index (χ2v) is 2.98. The Hall–Kier alpha value is -2.03. The molecule has 3 nitrogen and oxygen atoms in total. The number of fused-ring (bicyclic) bond motifs is 1. The van der Waals surface area contributed by atoms with Crippen molar-refractivity contribution in [1.82, 2.24) is 4.98 Å². The van der Waals surface area contributed by atoms with Crippen molar-refractivity contribution in [3.63, 3.8) is 0 Å². The average Bonchev–Trinajstić information content (AvgIpc) is 2.61. The van der Waals surface area contributed by atoms with Gasteiger partial charge in [0.25, 0.3) is 0 Å². The van der Waals surface area contributed by atoms with Crippen LogP contribution in [-0.4, -0.2) is 11.0 Å². The van der Waals surface area contributed by atoms with Crippen LogP contribution in [0.1, 0.15) is 5.56 Å². The maximum Gasteiger partial charge on any atom is 0.0643 e. The Balaban J connectivity index is 2.39. The number of rotatable bonds is 2. The van der Waals surface area contributed by atoms with E-state index in [9.17, 15) is 9.90 Å². The summed E-state index contributed by atoms with van der Waals surface area (Å²) in [5.41, 5.74) is 1.89. The van der Waals surface area contributed by atoms with Crippen LogP contribution < -0.4 is 5.11 Å². The SMILES string of the molecule is O=C([O-])/C=C/c1ccc2[nH]ccc2c1. The van der Waals surface area contributed by atoms with E-state index in [-0.39, 0.29) is 0 Å². The Morgan fingerprint density at radius 2 is 2.21 bits per heavy atom. The lowest BCUT2D eigenvalue weighted by molar-refractivity contribution is -0.297. The lowest BCUT2D eigenvalue weighted by Gasteiger charge is -1.95. The Bertz CT molecular complexity index is 497. The van der Waals surface area contributed by atoms with Gasteiger partial charge in [0, 0.05) is 11.7 Å². The minimum atomic E-state index is -1.18. The molecule has 70 valence electrons. The van der Waals surface area contributed by atoms with E-state index in [1.807, 2.05) is 30.5 Å². The van der Waals surface area contributed by atoms with E-state index in [1.165, 1.54) is 6.08 Å². The average molecular weight is 186 g/mol. The van der Waals surface area contributed by atoms with E-state index in [0.29, 0.717) is 0 Å². The first-order valence-electron chi connectivity index (χ1n) is 4.22. The molecule has 1 aromatic heterocycles. The van der Waals surface area contributed by atoms with Crippen molar-refractivity contribution in [2.75, 3.05) is 0 Å². The molecule has 2 aromatic rings. The molecule has 1 N–H and O–H groups in total. The summed E-state index contributed by atoms with van der Waals surface area (Å²) in [4.78, 5) is 13.2. The minimum Gasteiger partial charge on any atom is -0.545 e. The van der Waals surface area contributed by atoms with Gasteiger partial charge in [-0.25, -0.2) is 0 Å². The number of hydrogen-bond acceptors (Lipinski definition) is 2. The number of H-pyrrole nitrogens is 1. The highest BCUT2D eigenvalue weighted by molar-refractivity contribution is 5.86. The van der Waals surface area contributed by atoms with Crippen molar-refractivity contribution in [2.45, 2.75) is 0 Å². The van der Waals surface area contributed by atoms with E-state index < -0.39 is 5.97 Å². The lowest BCUT2D eigenvalue weighted by atomic mass is 10.1. The highest BCUT2D eigenvalue weighted by atomic mass is 16.4. The van der Waals surface area contributed by atoms with Crippen LogP contribution in [0.5, 0.6) is 0 Å². The summed E-state index contributed by atoms with van der Waals surface area (Å²) in [6, 6.07) is 7.60. The van der Waals surface area contributed by atoms with Gasteiger partial charge in [0.15, 0.2) is 0 Å². The second-order valence-electron chi connectivity index (χ2n) is 2.98. The van der Waals surface area contributed by atoms with E-state index in [4.69, 9.17) is 0 Å². The summed E-state index contributed by atoms with van der Waals surface area (Å²) in [6.45, 7) is 0. The van der Waals surface area contributed by atoms with E-state index >= 15 is 0 Å². The second kappa shape index (κ2) is 3.38. The van der Waals surface area contributed by atoms with Crippen molar-refractivity contribution in [3.05, 3.63) is 42.1 Å². The summed E-state index contributed by atoms with van der Waals surface area (Å²) >= 11 is 0. The predicted molar refractivity (Wildman–Crippen MR) is 52.3 cm³/mol. The number of aliphatic carboxylic acids is 1. The first kappa shape index (κ1) is 8.56. The van der Waals surface area contributed by atoms with Gasteiger partial charge in [-0.3, -0.25) is 0 Å². The maximum absolute atomic E-state index is 10.2. The fraction of sp³-hybridized carbons (Fsp3) is 0. The molecule has 0 aliphatic heterocycles. The first-order valence-corrected chi connectivity index (χ1v) is 4.22. The molecule has 0 saturated heterocycles. The molecule has 0 unspecified atom stereocenters. The number of carboxylic acids is 1. The van der Waals surface area contributed by atoms with Gasteiger partial charge >= 0.3 is 0 Å². The monoisotopic (exact) mass is 186 g/mol. The van der Waals surface area contributed by atoms with Crippen LogP contribution in [0.4, 0.5) is 0 Å². The summed E-state index contributed by atoms with van der Waals surface area (Å²) in [7, 11) is 0. The zero-order valence-electron chi connectivity index (χ0n) is 7.36. The van der Waals surface area contributed by atoms with Crippen LogP contribution in [0.25, 0.3) is 17.0 Å². The fourth-order valence-electron chi connectivity index (χ4n) is 1.34. The van der Waals surface area contributed by atoms with Crippen molar-refractivity contribution in [1.29, 1.82) is 0 Å². The van der Waals surface area contributed by atoms with Gasteiger partial charge in [-0.1, -0.05) is 12.1 Å². The van der Waals surface area contributed by atoms with Crippen LogP contribution in [0.2, 0.25) is 0 Å². The number of aromatic amines is 1. The normalized spacial score (nSPS) is 11.1. The largest absolute Gasteiger partial charge is 0.545 e. The maximum atomic E-state index is 10.2. The van der Waals surface area contributed by atoms with Gasteiger partial charge in [-0.05, 0) is 35.2 Å². The molecule has 3 heteroatoms. The summed E-state index contributed by atoms with van der Waals surface area (Å²) < 4.78 is 0. The van der Waals surface area contributed by atoms with Crippen LogP contribution in [0.3, 0.4) is 0 Å². The van der Waals surface area contributed by atoms with Crippen LogP contribution >= 0.6 is 0 Å². The lowest BCUT2D eigenvalue weighted by Crippen LogP contribution is -2.18. The number of nitrogens with one attached hydrogen (secondary N) is 1. The summed E-state index contributed by atoms with van der Waals surface area (Å²) in [5.74, 6) is -1.18. The molecule has 0 aliphatic carbocycles. The van der Waals surface area contributed by atoms with Crippen LogP contribution in [-0.2, 0) is 4.79 Å². The zero-order chi connectivity index (χ0) is 9.97. The number of aromatic nitrogens is 1. The summed E-state index contributed by atoms with van der Waals surface area (Å²) in [5, 5.41) is 11.2. The molecular weight excluding hydrogens is 178 g/mol. The van der Waals surface area contributed by atoms with E-state index in [1.54, 1.807) is 0 Å². The quantitative estimate of drug-likeness (QED) is 0.709. The Kier molecular flexibility index (Phi) is 2.07. The Morgan fingerprint density at radius 3 is 3.00 bits per heavy atom. The molecule has 0 amide bonds. The van der Waals surface area contributed by atoms with Crippen molar-refractivity contribution in [3.8, 4) is 0 Å². The molecule has 0 aliphatic rings. The molecule has 14 heavy (non-hydrogen) atoms. The molecule has 2 rings (SSSR count). The fourth-order valence-corrected chi connectivity index (χ4v) is 1.34. The van der Waals surface area contributed by atoms with Gasteiger partial charge in [-0.15, -0.1) is 0 Å². The number of benzene rings is 1. The van der Waals surface area contributed by atoms with E-state index in [0.717, 1.165) is 22.5 Å². The molecule has 1 aromatic carbocycles. The predicted octanol–water partition coefficient (Wildman–Crippen LogP) is 0.931. The number of hydrogen-bond donors (Lipinski definition) is 1. The third-order valence-electron chi connectivity index (χ3n) is 1.99. The first-order chi connectivity index (χ1) is 6.75. The summed E-state index contributed by atoms with van der Waals surface area (Å²) in [6.07, 6.45) is 4.38. The highest BCUT2D eigenvalue weighted by Gasteiger charge is 1.93. The van der Waals surface area contributed by atoms with Crippen molar-refractivity contribution < 1.29 is 9.90 Å². The number of carbonyl (C=O) groups is 1. The molecule has 0 spiro atoms. The minimum absolute atomic E-state index is 0.848. The van der Waals surface area contributed by atoms with Gasteiger partial charge in [0.05, 0.1) is 5.97 Å². The molecule has 0 bridgehead atoms. The molecule has 0 fully saturated rings. The highest BCUT2D eigenvalue weighted by Crippen LogP contribution is 2.14. The van der Waals surface area contributed by atoms with Crippen molar-refractivity contribution >= 4 is 22.9 Å². The number of carboxylic acid groups (broad SMARTS) is 1. The van der Waals surface area contributed by atoms with Crippen LogP contribution in [0, 0.1) is 0 Å². The van der Waals surface area contributed by atoms with Gasteiger partial charge < -0.3 is 14.9 Å². The number of carbonyl (C=O) groups excluding carboxylic acids is 1. The molecule has 0 saturated carbocycles. The molecule has 0 radical (unpaired) electrons. The van der Waals surface area contributed by atoms with E-state index in [2.05, 4.69) is 4.98 Å². The zero-order valence-corrected chi connectivity index (χ0v) is 7.36. The third kappa shape index (κ3) is 1.66. The van der Waals surface area contributed by atoms with Gasteiger partial charge in [0.1, 0.15) is 0 Å². The molecule has 1 heterocycles. The van der Waals surface area contributed by atoms with Crippen molar-refractivity contribution in [2.24, 2.45) is 0 Å². The molecular formula is C11H8NO2-. The van der Waals surface area contributed by atoms with Gasteiger partial charge in [0.2, 0.25) is 0 Å². The van der Waals surface area contributed by atoms with Crippen LogP contribution in [0.15, 0.2) is 36.5 Å². The standard InChI is InChI=1S/C11H9NO2/c13-11(14)4-2-8-1-3-10-9(7-8)5-6-12-10/h1-7,12H,(H,13,14)/p-1/b4-2+.